The monoisotopic (exact) mass is 286 g/mol. The second-order valence-corrected chi connectivity index (χ2v) is 5.58. The highest BCUT2D eigenvalue weighted by Crippen LogP contribution is 2.25. The van der Waals surface area contributed by atoms with Crippen LogP contribution in [0.15, 0.2) is 30.6 Å². The third kappa shape index (κ3) is 2.96. The molecule has 1 aromatic heterocycles. The van der Waals surface area contributed by atoms with Crippen molar-refractivity contribution in [2.45, 2.75) is 32.4 Å². The second-order valence-electron chi connectivity index (χ2n) is 5.58. The number of nitrogens with zero attached hydrogens (tertiary/aromatic N) is 5. The van der Waals surface area contributed by atoms with E-state index in [4.69, 9.17) is 0 Å². The quantitative estimate of drug-likeness (QED) is 0.870. The fraction of sp³-hybridized carbons (Fsp3) is 0.533. The first-order chi connectivity index (χ1) is 10.3. The van der Waals surface area contributed by atoms with E-state index in [9.17, 15) is 0 Å². The molecule has 6 nitrogen and oxygen atoms in total. The molecule has 1 fully saturated rings. The zero-order valence-corrected chi connectivity index (χ0v) is 12.6. The molecule has 1 N–H and O–H groups in total. The summed E-state index contributed by atoms with van der Waals surface area (Å²) in [7, 11) is 0. The zero-order chi connectivity index (χ0) is 14.7. The van der Waals surface area contributed by atoms with Crippen molar-refractivity contribution in [3.63, 3.8) is 0 Å². The average Bonchev–Trinajstić information content (AvgIpc) is 2.98. The molecule has 1 saturated heterocycles. The lowest BCUT2D eigenvalue weighted by Crippen LogP contribution is -2.57. The summed E-state index contributed by atoms with van der Waals surface area (Å²) in [5, 5.41) is 14.7. The maximum atomic E-state index is 3.96. The van der Waals surface area contributed by atoms with Gasteiger partial charge in [-0.25, -0.2) is 4.68 Å². The maximum absolute atomic E-state index is 3.96. The Morgan fingerprint density at radius 2 is 2.29 bits per heavy atom. The lowest BCUT2D eigenvalue weighted by Gasteiger charge is -2.42. The highest BCUT2D eigenvalue weighted by molar-refractivity contribution is 5.35. The number of hydrogen-bond donors (Lipinski definition) is 1. The molecule has 21 heavy (non-hydrogen) atoms. The van der Waals surface area contributed by atoms with E-state index in [1.165, 1.54) is 12.0 Å². The average molecular weight is 286 g/mol. The summed E-state index contributed by atoms with van der Waals surface area (Å²) in [4.78, 5) is 2.59. The van der Waals surface area contributed by atoms with E-state index >= 15 is 0 Å². The Balaban J connectivity index is 1.82. The lowest BCUT2D eigenvalue weighted by atomic mass is 10.0. The number of benzene rings is 1. The molecule has 0 bridgehead atoms. The highest BCUT2D eigenvalue weighted by atomic mass is 15.5. The van der Waals surface area contributed by atoms with E-state index in [0.29, 0.717) is 12.1 Å². The molecule has 0 radical (unpaired) electrons. The van der Waals surface area contributed by atoms with Crippen LogP contribution < -0.4 is 5.32 Å². The number of nitrogens with one attached hydrogen (secondary N) is 1. The van der Waals surface area contributed by atoms with Crippen LogP contribution in [0, 0.1) is 0 Å². The van der Waals surface area contributed by atoms with Crippen molar-refractivity contribution in [1.29, 1.82) is 0 Å². The molecule has 1 aliphatic rings. The van der Waals surface area contributed by atoms with E-state index in [1.807, 2.05) is 6.07 Å². The Labute approximate surface area is 125 Å². The van der Waals surface area contributed by atoms with Crippen LogP contribution in [0.1, 0.15) is 31.9 Å². The predicted octanol–water partition coefficient (Wildman–Crippen LogP) is 1.41. The molecule has 1 unspecified atom stereocenters. The van der Waals surface area contributed by atoms with Gasteiger partial charge in [-0.3, -0.25) is 4.90 Å². The maximum Gasteiger partial charge on any atom is 0.143 e. The molecule has 6 heteroatoms. The Bertz CT molecular complexity index is 563. The van der Waals surface area contributed by atoms with Gasteiger partial charge in [0.25, 0.3) is 0 Å². The lowest BCUT2D eigenvalue weighted by molar-refractivity contribution is 0.103. The van der Waals surface area contributed by atoms with Gasteiger partial charge in [0.15, 0.2) is 0 Å². The van der Waals surface area contributed by atoms with Gasteiger partial charge in [0.2, 0.25) is 0 Å². The van der Waals surface area contributed by atoms with Gasteiger partial charge in [-0.1, -0.05) is 19.1 Å². The smallest absolute Gasteiger partial charge is 0.143 e. The van der Waals surface area contributed by atoms with Crippen molar-refractivity contribution < 1.29 is 0 Å². The van der Waals surface area contributed by atoms with Crippen LogP contribution in [0.3, 0.4) is 0 Å². The van der Waals surface area contributed by atoms with Gasteiger partial charge < -0.3 is 5.32 Å². The molecule has 1 aromatic carbocycles. The molecule has 2 heterocycles. The summed E-state index contributed by atoms with van der Waals surface area (Å²) in [5.41, 5.74) is 2.32. The minimum atomic E-state index is 0.397. The largest absolute Gasteiger partial charge is 0.314 e. The van der Waals surface area contributed by atoms with Crippen LogP contribution in [0.4, 0.5) is 0 Å². The molecule has 0 saturated carbocycles. The van der Waals surface area contributed by atoms with Crippen molar-refractivity contribution in [2.24, 2.45) is 0 Å². The summed E-state index contributed by atoms with van der Waals surface area (Å²) in [5.74, 6) is 0. The Hall–Kier alpha value is -1.79. The van der Waals surface area contributed by atoms with Crippen LogP contribution in [0.5, 0.6) is 0 Å². The number of aromatic nitrogens is 4. The highest BCUT2D eigenvalue weighted by Gasteiger charge is 2.28. The predicted molar refractivity (Wildman–Crippen MR) is 81.2 cm³/mol. The SMILES string of the molecule is CCCN(C1CNC1)C(C)c1cccc(-n2cnnn2)c1. The first kappa shape index (κ1) is 14.2. The van der Waals surface area contributed by atoms with Gasteiger partial charge in [0, 0.05) is 25.2 Å². The Morgan fingerprint density at radius 1 is 1.43 bits per heavy atom. The van der Waals surface area contributed by atoms with Gasteiger partial charge in [-0.05, 0) is 48.0 Å². The third-order valence-corrected chi connectivity index (χ3v) is 4.17. The molecule has 0 spiro atoms. The fourth-order valence-electron chi connectivity index (χ4n) is 2.86. The van der Waals surface area contributed by atoms with Crippen molar-refractivity contribution >= 4 is 0 Å². The van der Waals surface area contributed by atoms with Gasteiger partial charge in [-0.15, -0.1) is 5.10 Å². The van der Waals surface area contributed by atoms with Crippen molar-refractivity contribution in [3.05, 3.63) is 36.2 Å². The fourth-order valence-corrected chi connectivity index (χ4v) is 2.86. The van der Waals surface area contributed by atoms with E-state index in [-0.39, 0.29) is 0 Å². The summed E-state index contributed by atoms with van der Waals surface area (Å²) in [6, 6.07) is 9.52. The first-order valence-electron chi connectivity index (χ1n) is 7.59. The van der Waals surface area contributed by atoms with Gasteiger partial charge in [-0.2, -0.15) is 0 Å². The van der Waals surface area contributed by atoms with E-state index in [1.54, 1.807) is 11.0 Å². The zero-order valence-electron chi connectivity index (χ0n) is 12.6. The van der Waals surface area contributed by atoms with Crippen LogP contribution in [0.2, 0.25) is 0 Å². The molecule has 0 amide bonds. The summed E-state index contributed by atoms with van der Waals surface area (Å²) < 4.78 is 1.70. The van der Waals surface area contributed by atoms with Crippen LogP contribution >= 0.6 is 0 Å². The number of rotatable bonds is 6. The van der Waals surface area contributed by atoms with Gasteiger partial charge >= 0.3 is 0 Å². The summed E-state index contributed by atoms with van der Waals surface area (Å²) in [6.45, 7) is 7.84. The molecule has 1 aliphatic heterocycles. The number of tetrazole rings is 1. The first-order valence-corrected chi connectivity index (χ1v) is 7.59. The van der Waals surface area contributed by atoms with E-state index in [2.05, 4.69) is 57.8 Å². The van der Waals surface area contributed by atoms with E-state index in [0.717, 1.165) is 25.3 Å². The van der Waals surface area contributed by atoms with Crippen LogP contribution in [-0.2, 0) is 0 Å². The minimum Gasteiger partial charge on any atom is -0.314 e. The van der Waals surface area contributed by atoms with Crippen LogP contribution in [0.25, 0.3) is 5.69 Å². The molecule has 0 aliphatic carbocycles. The normalized spacial score (nSPS) is 16.9. The van der Waals surface area contributed by atoms with Gasteiger partial charge in [0.1, 0.15) is 6.33 Å². The Kier molecular flexibility index (Phi) is 4.26. The standard InChI is InChI=1S/C15H22N6/c1-3-7-20(15-9-16-10-15)12(2)13-5-4-6-14(8-13)21-11-17-18-19-21/h4-6,8,11-12,15-16H,3,7,9-10H2,1-2H3. The molecule has 3 rings (SSSR count). The minimum absolute atomic E-state index is 0.397. The Morgan fingerprint density at radius 3 is 2.90 bits per heavy atom. The summed E-state index contributed by atoms with van der Waals surface area (Å²) in [6.07, 6.45) is 2.80. The van der Waals surface area contributed by atoms with E-state index < -0.39 is 0 Å². The van der Waals surface area contributed by atoms with Crippen molar-refractivity contribution in [2.75, 3.05) is 19.6 Å². The third-order valence-electron chi connectivity index (χ3n) is 4.17. The molecule has 2 aromatic rings. The molecular weight excluding hydrogens is 264 g/mol. The summed E-state index contributed by atoms with van der Waals surface area (Å²) >= 11 is 0. The molecular formula is C15H22N6. The topological polar surface area (TPSA) is 58.9 Å². The van der Waals surface area contributed by atoms with Crippen LogP contribution in [-0.4, -0.2) is 50.8 Å². The molecule has 112 valence electrons. The number of hydrogen-bond acceptors (Lipinski definition) is 5. The van der Waals surface area contributed by atoms with Gasteiger partial charge in [0.05, 0.1) is 5.69 Å². The second kappa shape index (κ2) is 6.32. The molecule has 1 atom stereocenters. The van der Waals surface area contributed by atoms with Crippen molar-refractivity contribution in [3.8, 4) is 5.69 Å². The van der Waals surface area contributed by atoms with Crippen molar-refractivity contribution in [1.82, 2.24) is 30.4 Å².